The average molecular weight is 436 g/mol. The average Bonchev–Trinajstić information content (AvgIpc) is 2.70. The summed E-state index contributed by atoms with van der Waals surface area (Å²) >= 11 is 0. The molecule has 0 atom stereocenters. The normalized spacial score (nSPS) is 14.7. The molecule has 2 amide bonds. The summed E-state index contributed by atoms with van der Waals surface area (Å²) in [6, 6.07) is 6.37. The van der Waals surface area contributed by atoms with Crippen molar-refractivity contribution in [2.24, 2.45) is 0 Å². The van der Waals surface area contributed by atoms with E-state index in [1.54, 1.807) is 23.1 Å². The van der Waals surface area contributed by atoms with Gasteiger partial charge in [0, 0.05) is 51.8 Å². The fourth-order valence-electron chi connectivity index (χ4n) is 3.19. The molecular formula is C21H33N5O5. The third-order valence-electron chi connectivity index (χ3n) is 4.77. The third-order valence-corrected chi connectivity index (χ3v) is 4.77. The van der Waals surface area contributed by atoms with E-state index < -0.39 is 10.5 Å². The van der Waals surface area contributed by atoms with Crippen molar-refractivity contribution in [1.82, 2.24) is 15.1 Å². The number of hydrogen-bond acceptors (Lipinski definition) is 7. The van der Waals surface area contributed by atoms with Crippen molar-refractivity contribution in [3.63, 3.8) is 0 Å². The van der Waals surface area contributed by atoms with Crippen LogP contribution in [0.25, 0.3) is 0 Å². The number of benzene rings is 1. The van der Waals surface area contributed by atoms with Crippen LogP contribution in [0.4, 0.5) is 16.2 Å². The van der Waals surface area contributed by atoms with E-state index in [2.05, 4.69) is 15.5 Å². The minimum absolute atomic E-state index is 0.00493. The maximum Gasteiger partial charge on any atom is 0.410 e. The summed E-state index contributed by atoms with van der Waals surface area (Å²) in [6.45, 7) is 10.2. The van der Waals surface area contributed by atoms with Crippen molar-refractivity contribution >= 4 is 23.4 Å². The Kier molecular flexibility index (Phi) is 9.04. The lowest BCUT2D eigenvalue weighted by Crippen LogP contribution is -2.50. The molecule has 0 aromatic heterocycles. The maximum absolute atomic E-state index is 12.1. The van der Waals surface area contributed by atoms with E-state index in [-0.39, 0.29) is 24.1 Å². The van der Waals surface area contributed by atoms with Gasteiger partial charge in [-0.2, -0.15) is 0 Å². The highest BCUT2D eigenvalue weighted by molar-refractivity contribution is 5.76. The number of carbonyl (C=O) groups is 2. The molecule has 10 nitrogen and oxygen atoms in total. The molecule has 0 radical (unpaired) electrons. The Morgan fingerprint density at radius 1 is 1.13 bits per heavy atom. The zero-order valence-electron chi connectivity index (χ0n) is 18.6. The molecule has 1 aliphatic rings. The molecule has 1 aliphatic heterocycles. The molecule has 31 heavy (non-hydrogen) atoms. The molecule has 2 N–H and O–H groups in total. The fourth-order valence-corrected chi connectivity index (χ4v) is 3.19. The van der Waals surface area contributed by atoms with Gasteiger partial charge in [0.15, 0.2) is 0 Å². The second-order valence-corrected chi connectivity index (χ2v) is 8.46. The number of anilines is 1. The first-order chi connectivity index (χ1) is 14.7. The quantitative estimate of drug-likeness (QED) is 0.348. The molecule has 1 aromatic carbocycles. The Labute approximate surface area is 183 Å². The van der Waals surface area contributed by atoms with Crippen molar-refractivity contribution in [2.45, 2.75) is 39.2 Å². The molecule has 10 heteroatoms. The van der Waals surface area contributed by atoms with Crippen molar-refractivity contribution in [3.8, 4) is 0 Å². The van der Waals surface area contributed by atoms with E-state index in [0.29, 0.717) is 31.9 Å². The van der Waals surface area contributed by atoms with Gasteiger partial charge in [-0.15, -0.1) is 0 Å². The number of amides is 2. The standard InChI is InChI=1S/C21H33N5O5/c1-21(2,3)31-20(28)25-15-13-24(14-16-25)12-6-10-23-19(27)9-11-22-17-7-4-5-8-18(17)26(29)30/h4-5,7-8,22H,6,9-16H2,1-3H3,(H,23,27). The zero-order chi connectivity index (χ0) is 22.9. The molecule has 1 saturated heterocycles. The van der Waals surface area contributed by atoms with E-state index >= 15 is 0 Å². The van der Waals surface area contributed by atoms with Crippen molar-refractivity contribution < 1.29 is 19.2 Å². The van der Waals surface area contributed by atoms with Crippen molar-refractivity contribution in [3.05, 3.63) is 34.4 Å². The van der Waals surface area contributed by atoms with E-state index in [4.69, 9.17) is 4.74 Å². The van der Waals surface area contributed by atoms with E-state index in [0.717, 1.165) is 26.1 Å². The second kappa shape index (κ2) is 11.5. The number of ether oxygens (including phenoxy) is 1. The first-order valence-electron chi connectivity index (χ1n) is 10.6. The lowest BCUT2D eigenvalue weighted by atomic mass is 10.2. The van der Waals surface area contributed by atoms with Gasteiger partial charge in [-0.1, -0.05) is 12.1 Å². The highest BCUT2D eigenvalue weighted by Crippen LogP contribution is 2.22. The van der Waals surface area contributed by atoms with Gasteiger partial charge in [-0.25, -0.2) is 4.79 Å². The van der Waals surface area contributed by atoms with Crippen LogP contribution in [0.2, 0.25) is 0 Å². The number of para-hydroxylation sites is 2. The van der Waals surface area contributed by atoms with Gasteiger partial charge in [0.25, 0.3) is 5.69 Å². The summed E-state index contributed by atoms with van der Waals surface area (Å²) < 4.78 is 5.40. The minimum atomic E-state index is -0.488. The van der Waals surface area contributed by atoms with Gasteiger partial charge in [0.05, 0.1) is 4.92 Å². The first-order valence-corrected chi connectivity index (χ1v) is 10.6. The summed E-state index contributed by atoms with van der Waals surface area (Å²) in [7, 11) is 0. The number of nitro groups is 1. The third kappa shape index (κ3) is 8.79. The second-order valence-electron chi connectivity index (χ2n) is 8.46. The number of piperazine rings is 1. The molecule has 0 bridgehead atoms. The molecule has 0 spiro atoms. The zero-order valence-corrected chi connectivity index (χ0v) is 18.6. The summed E-state index contributed by atoms with van der Waals surface area (Å²) in [5.74, 6) is -0.0965. The van der Waals surface area contributed by atoms with Gasteiger partial charge in [0.2, 0.25) is 5.91 Å². The Balaban J connectivity index is 1.57. The highest BCUT2D eigenvalue weighted by Gasteiger charge is 2.25. The van der Waals surface area contributed by atoms with Crippen LogP contribution in [0.15, 0.2) is 24.3 Å². The smallest absolute Gasteiger partial charge is 0.410 e. The molecule has 0 saturated carbocycles. The van der Waals surface area contributed by atoms with Crippen LogP contribution in [-0.2, 0) is 9.53 Å². The molecule has 172 valence electrons. The predicted octanol–water partition coefficient (Wildman–Crippen LogP) is 2.46. The highest BCUT2D eigenvalue weighted by atomic mass is 16.6. The summed E-state index contributed by atoms with van der Waals surface area (Å²) in [5.41, 5.74) is -0.0851. The Hall–Kier alpha value is -2.88. The van der Waals surface area contributed by atoms with Gasteiger partial charge in [-0.05, 0) is 39.8 Å². The number of nitrogens with zero attached hydrogens (tertiary/aromatic N) is 3. The lowest BCUT2D eigenvalue weighted by Gasteiger charge is -2.35. The molecule has 0 unspecified atom stereocenters. The van der Waals surface area contributed by atoms with Crippen LogP contribution in [0.1, 0.15) is 33.6 Å². The van der Waals surface area contributed by atoms with Crippen LogP contribution in [-0.4, -0.2) is 78.1 Å². The SMILES string of the molecule is CC(C)(C)OC(=O)N1CCN(CCCNC(=O)CCNc2ccccc2[N+](=O)[O-])CC1. The van der Waals surface area contributed by atoms with Crippen LogP contribution in [0.3, 0.4) is 0 Å². The summed E-state index contributed by atoms with van der Waals surface area (Å²) in [5, 5.41) is 16.8. The van der Waals surface area contributed by atoms with Crippen molar-refractivity contribution in [1.29, 1.82) is 0 Å². The Bertz CT molecular complexity index is 757. The molecule has 2 rings (SSSR count). The monoisotopic (exact) mass is 435 g/mol. The van der Waals surface area contributed by atoms with E-state index in [9.17, 15) is 19.7 Å². The first kappa shape index (κ1) is 24.4. The number of nitro benzene ring substituents is 1. The predicted molar refractivity (Wildman–Crippen MR) is 118 cm³/mol. The number of hydrogen-bond donors (Lipinski definition) is 2. The number of carbonyl (C=O) groups excluding carboxylic acids is 2. The minimum Gasteiger partial charge on any atom is -0.444 e. The topological polar surface area (TPSA) is 117 Å². The van der Waals surface area contributed by atoms with Crippen molar-refractivity contribution in [2.75, 3.05) is 51.1 Å². The lowest BCUT2D eigenvalue weighted by molar-refractivity contribution is -0.384. The summed E-state index contributed by atoms with van der Waals surface area (Å²) in [6.07, 6.45) is 0.782. The summed E-state index contributed by atoms with van der Waals surface area (Å²) in [4.78, 5) is 38.6. The Morgan fingerprint density at radius 3 is 2.45 bits per heavy atom. The van der Waals surface area contributed by atoms with Gasteiger partial charge < -0.3 is 20.3 Å². The molecule has 1 aromatic rings. The van der Waals surface area contributed by atoms with Crippen LogP contribution in [0, 0.1) is 10.1 Å². The van der Waals surface area contributed by atoms with E-state index in [1.807, 2.05) is 20.8 Å². The molecular weight excluding hydrogens is 402 g/mol. The molecule has 1 fully saturated rings. The molecule has 1 heterocycles. The van der Waals surface area contributed by atoms with Crippen LogP contribution >= 0.6 is 0 Å². The molecule has 0 aliphatic carbocycles. The van der Waals surface area contributed by atoms with Crippen LogP contribution < -0.4 is 10.6 Å². The number of rotatable bonds is 9. The largest absolute Gasteiger partial charge is 0.444 e. The number of nitrogens with one attached hydrogen (secondary N) is 2. The van der Waals surface area contributed by atoms with Gasteiger partial charge in [-0.3, -0.25) is 19.8 Å². The van der Waals surface area contributed by atoms with Gasteiger partial charge in [0.1, 0.15) is 11.3 Å². The van der Waals surface area contributed by atoms with Gasteiger partial charge >= 0.3 is 6.09 Å². The fraction of sp³-hybridized carbons (Fsp3) is 0.619. The van der Waals surface area contributed by atoms with Crippen LogP contribution in [0.5, 0.6) is 0 Å². The maximum atomic E-state index is 12.1. The van der Waals surface area contributed by atoms with E-state index in [1.165, 1.54) is 6.07 Å². The Morgan fingerprint density at radius 2 is 1.81 bits per heavy atom.